The molecule has 0 aromatic carbocycles. The Kier molecular flexibility index (Phi) is 3.98. The van der Waals surface area contributed by atoms with Crippen LogP contribution in [0.1, 0.15) is 19.8 Å². The molecule has 0 nitrogen and oxygen atoms in total. The lowest BCUT2D eigenvalue weighted by Crippen LogP contribution is -2.46. The van der Waals surface area contributed by atoms with Crippen LogP contribution in [-0.4, -0.2) is 24.2 Å². The van der Waals surface area contributed by atoms with Gasteiger partial charge in [0, 0.05) is 12.8 Å². The summed E-state index contributed by atoms with van der Waals surface area (Å²) in [5, 5.41) is 0. The molecule has 0 heterocycles. The molecular formula is C7H8F8. The van der Waals surface area contributed by atoms with E-state index in [1.807, 2.05) is 0 Å². The van der Waals surface area contributed by atoms with E-state index in [1.54, 1.807) is 0 Å². The molecule has 0 radical (unpaired) electrons. The molecule has 0 atom stereocenters. The van der Waals surface area contributed by atoms with Crippen molar-refractivity contribution >= 4 is 0 Å². The lowest BCUT2D eigenvalue weighted by Gasteiger charge is -2.26. The smallest absolute Gasteiger partial charge is 0.207 e. The molecule has 0 fully saturated rings. The number of halogens is 8. The Morgan fingerprint density at radius 1 is 0.867 bits per heavy atom. The maximum absolute atomic E-state index is 12.4. The molecule has 0 saturated heterocycles. The van der Waals surface area contributed by atoms with Gasteiger partial charge in [0.15, 0.2) is 0 Å². The molecule has 0 rings (SSSR count). The minimum atomic E-state index is -5.59. The van der Waals surface area contributed by atoms with Gasteiger partial charge < -0.3 is 0 Å². The van der Waals surface area contributed by atoms with Crippen LogP contribution in [0.25, 0.3) is 0 Å². The Bertz CT molecular complexity index is 204. The van der Waals surface area contributed by atoms with E-state index in [4.69, 9.17) is 0 Å². The first-order valence-corrected chi connectivity index (χ1v) is 3.82. The van der Waals surface area contributed by atoms with Crippen molar-refractivity contribution in [3.05, 3.63) is 0 Å². The zero-order valence-corrected chi connectivity index (χ0v) is 7.52. The van der Waals surface area contributed by atoms with Crippen molar-refractivity contribution in [1.29, 1.82) is 0 Å². The second-order valence-corrected chi connectivity index (χ2v) is 3.20. The van der Waals surface area contributed by atoms with Crippen LogP contribution < -0.4 is 0 Å². The van der Waals surface area contributed by atoms with Gasteiger partial charge in [-0.1, -0.05) is 0 Å². The molecule has 0 saturated carbocycles. The summed E-state index contributed by atoms with van der Waals surface area (Å²) >= 11 is 0. The number of rotatable bonds is 5. The van der Waals surface area contributed by atoms with Crippen molar-refractivity contribution in [3.63, 3.8) is 0 Å². The van der Waals surface area contributed by atoms with E-state index in [0.29, 0.717) is 0 Å². The van der Waals surface area contributed by atoms with Crippen molar-refractivity contribution in [2.75, 3.05) is 0 Å². The van der Waals surface area contributed by atoms with Crippen LogP contribution in [0.4, 0.5) is 35.1 Å². The molecule has 0 aliphatic heterocycles. The predicted octanol–water partition coefficient (Wildman–Crippen LogP) is 3.96. The third-order valence-corrected chi connectivity index (χ3v) is 1.64. The summed E-state index contributed by atoms with van der Waals surface area (Å²) in [6.07, 6.45) is -8.16. The molecule has 0 aromatic heterocycles. The normalized spacial score (nSPS) is 14.8. The van der Waals surface area contributed by atoms with Crippen molar-refractivity contribution in [1.82, 2.24) is 0 Å². The van der Waals surface area contributed by atoms with Gasteiger partial charge in [-0.3, -0.25) is 0 Å². The Morgan fingerprint density at radius 3 is 1.53 bits per heavy atom. The molecule has 0 spiro atoms. The first kappa shape index (κ1) is 14.4. The molecule has 15 heavy (non-hydrogen) atoms. The minimum Gasteiger partial charge on any atom is -0.207 e. The second-order valence-electron chi connectivity index (χ2n) is 3.20. The topological polar surface area (TPSA) is 0 Å². The molecule has 8 heteroatoms. The van der Waals surface area contributed by atoms with Crippen LogP contribution in [-0.2, 0) is 0 Å². The van der Waals surface area contributed by atoms with E-state index in [0.717, 1.165) is 0 Å². The van der Waals surface area contributed by atoms with E-state index >= 15 is 0 Å². The maximum atomic E-state index is 12.4. The predicted molar refractivity (Wildman–Crippen MR) is 35.8 cm³/mol. The standard InChI is InChI=1S/C7H8F8/c1-5(10,11)2-3-6(12,13)7(14,15)4(8)9/h4H,2-3H2,1H3. The van der Waals surface area contributed by atoms with Crippen molar-refractivity contribution in [2.45, 2.75) is 44.0 Å². The van der Waals surface area contributed by atoms with E-state index in [9.17, 15) is 35.1 Å². The molecule has 0 aliphatic rings. The Morgan fingerprint density at radius 2 is 1.27 bits per heavy atom. The first-order chi connectivity index (χ1) is 6.40. The van der Waals surface area contributed by atoms with Crippen LogP contribution >= 0.6 is 0 Å². The summed E-state index contributed by atoms with van der Waals surface area (Å²) in [4.78, 5) is 0. The average molecular weight is 244 g/mol. The van der Waals surface area contributed by atoms with Gasteiger partial charge in [-0.2, -0.15) is 17.6 Å². The van der Waals surface area contributed by atoms with Crippen LogP contribution in [0.15, 0.2) is 0 Å². The van der Waals surface area contributed by atoms with Gasteiger partial charge in [0.2, 0.25) is 5.92 Å². The largest absolute Gasteiger partial charge is 0.369 e. The summed E-state index contributed by atoms with van der Waals surface area (Å²) in [5.41, 5.74) is 0. The van der Waals surface area contributed by atoms with E-state index < -0.39 is 37.0 Å². The second kappa shape index (κ2) is 4.13. The summed E-state index contributed by atoms with van der Waals surface area (Å²) in [6.45, 7) is 0.240. The van der Waals surface area contributed by atoms with Crippen LogP contribution in [0, 0.1) is 0 Å². The lowest BCUT2D eigenvalue weighted by molar-refractivity contribution is -0.269. The number of hydrogen-bond donors (Lipinski definition) is 0. The van der Waals surface area contributed by atoms with E-state index in [2.05, 4.69) is 0 Å². The highest BCUT2D eigenvalue weighted by Crippen LogP contribution is 2.43. The van der Waals surface area contributed by atoms with Gasteiger partial charge in [-0.15, -0.1) is 0 Å². The quantitative estimate of drug-likeness (QED) is 0.642. The highest BCUT2D eigenvalue weighted by Gasteiger charge is 2.62. The molecular weight excluding hydrogens is 236 g/mol. The monoisotopic (exact) mass is 244 g/mol. The molecule has 92 valence electrons. The molecule has 0 amide bonds. The Labute approximate surface area is 80.3 Å². The fourth-order valence-corrected chi connectivity index (χ4v) is 0.703. The van der Waals surface area contributed by atoms with Crippen molar-refractivity contribution in [3.8, 4) is 0 Å². The maximum Gasteiger partial charge on any atom is 0.369 e. The zero-order chi connectivity index (χ0) is 12.5. The fourth-order valence-electron chi connectivity index (χ4n) is 0.703. The van der Waals surface area contributed by atoms with Crippen molar-refractivity contribution < 1.29 is 35.1 Å². The van der Waals surface area contributed by atoms with E-state index in [-0.39, 0.29) is 6.92 Å². The van der Waals surface area contributed by atoms with Gasteiger partial charge in [0.25, 0.3) is 0 Å². The van der Waals surface area contributed by atoms with Crippen molar-refractivity contribution in [2.24, 2.45) is 0 Å². The minimum absolute atomic E-state index is 0.240. The van der Waals surface area contributed by atoms with Crippen LogP contribution in [0.2, 0.25) is 0 Å². The zero-order valence-electron chi connectivity index (χ0n) is 7.52. The molecule has 0 N–H and O–H groups in total. The fraction of sp³-hybridized carbons (Fsp3) is 1.00. The highest BCUT2D eigenvalue weighted by atomic mass is 19.3. The molecule has 0 aromatic rings. The van der Waals surface area contributed by atoms with Gasteiger partial charge in [-0.25, -0.2) is 17.6 Å². The first-order valence-electron chi connectivity index (χ1n) is 3.82. The van der Waals surface area contributed by atoms with Gasteiger partial charge >= 0.3 is 18.3 Å². The summed E-state index contributed by atoms with van der Waals surface area (Å²) < 4.78 is 96.3. The SMILES string of the molecule is CC(F)(F)CCC(F)(F)C(F)(F)C(F)F. The molecule has 0 unspecified atom stereocenters. The van der Waals surface area contributed by atoms with Crippen LogP contribution in [0.5, 0.6) is 0 Å². The highest BCUT2D eigenvalue weighted by molar-refractivity contribution is 4.87. The Balaban J connectivity index is 4.55. The molecule has 0 bridgehead atoms. The number of alkyl halides is 8. The summed E-state index contributed by atoms with van der Waals surface area (Å²) in [6, 6.07) is 0. The Hall–Kier alpha value is -0.560. The van der Waals surface area contributed by atoms with Gasteiger partial charge in [0.05, 0.1) is 0 Å². The van der Waals surface area contributed by atoms with Crippen LogP contribution in [0.3, 0.4) is 0 Å². The van der Waals surface area contributed by atoms with Gasteiger partial charge in [0.1, 0.15) is 0 Å². The summed E-state index contributed by atoms with van der Waals surface area (Å²) in [5.74, 6) is -14.3. The average Bonchev–Trinajstić information content (AvgIpc) is 1.99. The lowest BCUT2D eigenvalue weighted by atomic mass is 10.0. The third-order valence-electron chi connectivity index (χ3n) is 1.64. The van der Waals surface area contributed by atoms with Gasteiger partial charge in [-0.05, 0) is 6.92 Å². The van der Waals surface area contributed by atoms with E-state index in [1.165, 1.54) is 0 Å². The summed E-state index contributed by atoms with van der Waals surface area (Å²) in [7, 11) is 0. The number of hydrogen-bond acceptors (Lipinski definition) is 0. The molecule has 0 aliphatic carbocycles. The third kappa shape index (κ3) is 3.83.